The molecule has 0 spiro atoms. The van der Waals surface area contributed by atoms with Gasteiger partial charge in [-0.05, 0) is 65.8 Å². The van der Waals surface area contributed by atoms with Crippen LogP contribution in [0.1, 0.15) is 89.4 Å². The van der Waals surface area contributed by atoms with Crippen LogP contribution in [0.3, 0.4) is 0 Å². The molecular formula is C37H46N8O. The Labute approximate surface area is 271 Å². The highest BCUT2D eigenvalue weighted by molar-refractivity contribution is 5.94. The lowest BCUT2D eigenvalue weighted by molar-refractivity contribution is 0.238. The van der Waals surface area contributed by atoms with Crippen LogP contribution in [0.2, 0.25) is 0 Å². The fraction of sp³-hybridized carbons (Fsp3) is 0.432. The van der Waals surface area contributed by atoms with Crippen molar-refractivity contribution in [1.82, 2.24) is 35.5 Å². The average Bonchev–Trinajstić information content (AvgIpc) is 3.75. The third-order valence-corrected chi connectivity index (χ3v) is 9.16. The molecule has 2 N–H and O–H groups in total. The number of carbonyl (C=O) groups excluding carboxylic acids is 1. The standard InChI is InChI=1S/C37H46N8O/c1-3-5-12-24-44(37(46)38-29-13-8-7-9-14-29)30-22-23-33-34(25-30)45(35(39-33)17-6-4-2)26-27-18-20-28(21-19-27)31-15-10-11-16-32(31)36-40-42-43-41-36/h10-11,15-16,18-23,25,29H,3-9,12-14,17,24,26H2,1-2H3,(H,38,46)(H,40,41,42,43). The van der Waals surface area contributed by atoms with E-state index in [1.165, 1.54) is 24.8 Å². The summed E-state index contributed by atoms with van der Waals surface area (Å²) >= 11 is 0. The maximum absolute atomic E-state index is 13.7. The van der Waals surface area contributed by atoms with E-state index in [1.807, 2.05) is 23.1 Å². The van der Waals surface area contributed by atoms with Crippen LogP contribution in [-0.4, -0.2) is 48.8 Å². The van der Waals surface area contributed by atoms with E-state index in [2.05, 4.69) is 92.9 Å². The summed E-state index contributed by atoms with van der Waals surface area (Å²) in [6.45, 7) is 5.83. The predicted molar refractivity (Wildman–Crippen MR) is 185 cm³/mol. The molecule has 2 heterocycles. The zero-order chi connectivity index (χ0) is 31.7. The summed E-state index contributed by atoms with van der Waals surface area (Å²) in [5.41, 5.74) is 7.27. The SMILES string of the molecule is CCCCCN(C(=O)NC1CCCCC1)c1ccc2nc(CCCC)n(Cc3ccc(-c4ccccc4-c4nn[nH]n4)cc3)c2c1. The van der Waals surface area contributed by atoms with E-state index in [9.17, 15) is 4.79 Å². The van der Waals surface area contributed by atoms with Crippen LogP contribution in [0, 0.1) is 0 Å². The highest BCUT2D eigenvalue weighted by Gasteiger charge is 2.22. The van der Waals surface area contributed by atoms with Crippen LogP contribution in [0.4, 0.5) is 10.5 Å². The number of aryl methyl sites for hydroxylation is 1. The van der Waals surface area contributed by atoms with Gasteiger partial charge in [0.1, 0.15) is 5.82 Å². The Morgan fingerprint density at radius 2 is 1.72 bits per heavy atom. The Balaban J connectivity index is 1.30. The number of benzene rings is 3. The number of anilines is 1. The van der Waals surface area contributed by atoms with Gasteiger partial charge in [0.15, 0.2) is 0 Å². The number of urea groups is 1. The molecule has 2 aromatic heterocycles. The number of hydrogen-bond acceptors (Lipinski definition) is 5. The molecule has 0 atom stereocenters. The van der Waals surface area contributed by atoms with Gasteiger partial charge in [0.2, 0.25) is 5.82 Å². The van der Waals surface area contributed by atoms with Crippen LogP contribution in [-0.2, 0) is 13.0 Å². The second-order valence-electron chi connectivity index (χ2n) is 12.5. The Morgan fingerprint density at radius 1 is 0.935 bits per heavy atom. The van der Waals surface area contributed by atoms with Gasteiger partial charge in [-0.3, -0.25) is 4.90 Å². The van der Waals surface area contributed by atoms with Gasteiger partial charge in [-0.1, -0.05) is 101 Å². The molecule has 1 aliphatic rings. The first-order chi connectivity index (χ1) is 22.6. The molecule has 9 heteroatoms. The molecule has 1 saturated carbocycles. The van der Waals surface area contributed by atoms with Crippen molar-refractivity contribution in [2.24, 2.45) is 0 Å². The second kappa shape index (κ2) is 15.2. The number of tetrazole rings is 1. The molecule has 0 unspecified atom stereocenters. The van der Waals surface area contributed by atoms with Gasteiger partial charge in [0.25, 0.3) is 0 Å². The van der Waals surface area contributed by atoms with Crippen molar-refractivity contribution in [3.63, 3.8) is 0 Å². The molecule has 3 aromatic carbocycles. The molecule has 0 aliphatic heterocycles. The zero-order valence-electron chi connectivity index (χ0n) is 27.2. The quantitative estimate of drug-likeness (QED) is 0.129. The van der Waals surface area contributed by atoms with Crippen molar-refractivity contribution in [1.29, 1.82) is 0 Å². The molecule has 0 bridgehead atoms. The number of aromatic nitrogens is 6. The second-order valence-corrected chi connectivity index (χ2v) is 12.5. The maximum atomic E-state index is 13.7. The lowest BCUT2D eigenvalue weighted by Crippen LogP contribution is -2.46. The summed E-state index contributed by atoms with van der Waals surface area (Å²) in [6.07, 6.45) is 12.1. The van der Waals surface area contributed by atoms with E-state index in [1.54, 1.807) is 0 Å². The van der Waals surface area contributed by atoms with Crippen LogP contribution in [0.15, 0.2) is 66.7 Å². The number of nitrogens with zero attached hydrogens (tertiary/aromatic N) is 6. The van der Waals surface area contributed by atoms with Crippen molar-refractivity contribution in [2.75, 3.05) is 11.4 Å². The fourth-order valence-electron chi connectivity index (χ4n) is 6.58. The van der Waals surface area contributed by atoms with Crippen molar-refractivity contribution < 1.29 is 4.79 Å². The van der Waals surface area contributed by atoms with E-state index >= 15 is 0 Å². The van der Waals surface area contributed by atoms with Crippen molar-refractivity contribution in [3.05, 3.63) is 78.1 Å². The first-order valence-electron chi connectivity index (χ1n) is 17.1. The lowest BCUT2D eigenvalue weighted by Gasteiger charge is -2.28. The molecule has 0 radical (unpaired) electrons. The van der Waals surface area contributed by atoms with Gasteiger partial charge in [0, 0.05) is 36.8 Å². The molecule has 5 aromatic rings. The van der Waals surface area contributed by atoms with Gasteiger partial charge in [0.05, 0.1) is 11.0 Å². The minimum atomic E-state index is 0.0244. The summed E-state index contributed by atoms with van der Waals surface area (Å²) in [4.78, 5) is 20.7. The summed E-state index contributed by atoms with van der Waals surface area (Å²) in [5, 5.41) is 18.1. The number of hydrogen-bond donors (Lipinski definition) is 2. The number of H-pyrrole nitrogens is 1. The number of unbranched alkanes of at least 4 members (excludes halogenated alkanes) is 3. The zero-order valence-corrected chi connectivity index (χ0v) is 27.2. The molecule has 46 heavy (non-hydrogen) atoms. The number of aromatic amines is 1. The molecule has 9 nitrogen and oxygen atoms in total. The number of fused-ring (bicyclic) bond motifs is 1. The third-order valence-electron chi connectivity index (χ3n) is 9.16. The van der Waals surface area contributed by atoms with E-state index in [-0.39, 0.29) is 12.1 Å². The van der Waals surface area contributed by atoms with Crippen LogP contribution < -0.4 is 10.2 Å². The third kappa shape index (κ3) is 7.30. The van der Waals surface area contributed by atoms with Crippen LogP contribution in [0.5, 0.6) is 0 Å². The normalized spacial score (nSPS) is 13.7. The van der Waals surface area contributed by atoms with E-state index in [0.717, 1.165) is 90.6 Å². The minimum absolute atomic E-state index is 0.0244. The Morgan fingerprint density at radius 3 is 2.46 bits per heavy atom. The molecular weight excluding hydrogens is 572 g/mol. The highest BCUT2D eigenvalue weighted by Crippen LogP contribution is 2.31. The van der Waals surface area contributed by atoms with Crippen molar-refractivity contribution in [2.45, 2.75) is 97.1 Å². The Bertz CT molecular complexity index is 1700. The fourth-order valence-corrected chi connectivity index (χ4v) is 6.58. The summed E-state index contributed by atoms with van der Waals surface area (Å²) in [7, 11) is 0. The topological polar surface area (TPSA) is 105 Å². The largest absolute Gasteiger partial charge is 0.335 e. The van der Waals surface area contributed by atoms with Gasteiger partial charge in [-0.2, -0.15) is 5.21 Å². The molecule has 1 aliphatic carbocycles. The van der Waals surface area contributed by atoms with Gasteiger partial charge in [-0.25, -0.2) is 9.78 Å². The van der Waals surface area contributed by atoms with Crippen molar-refractivity contribution >= 4 is 22.8 Å². The minimum Gasteiger partial charge on any atom is -0.335 e. The summed E-state index contributed by atoms with van der Waals surface area (Å²) in [5.74, 6) is 1.67. The smallest absolute Gasteiger partial charge is 0.322 e. The first kappa shape index (κ1) is 31.5. The van der Waals surface area contributed by atoms with Gasteiger partial charge >= 0.3 is 6.03 Å². The highest BCUT2D eigenvalue weighted by atomic mass is 16.2. The monoisotopic (exact) mass is 618 g/mol. The summed E-state index contributed by atoms with van der Waals surface area (Å²) in [6, 6.07) is 23.5. The van der Waals surface area contributed by atoms with E-state index < -0.39 is 0 Å². The van der Waals surface area contributed by atoms with Crippen LogP contribution >= 0.6 is 0 Å². The summed E-state index contributed by atoms with van der Waals surface area (Å²) < 4.78 is 2.35. The van der Waals surface area contributed by atoms with Crippen molar-refractivity contribution in [3.8, 4) is 22.5 Å². The Kier molecular flexibility index (Phi) is 10.4. The average molecular weight is 619 g/mol. The number of nitrogens with one attached hydrogen (secondary N) is 2. The number of imidazole rings is 1. The predicted octanol–water partition coefficient (Wildman–Crippen LogP) is 8.31. The lowest BCUT2D eigenvalue weighted by atomic mass is 9.96. The maximum Gasteiger partial charge on any atom is 0.322 e. The molecule has 2 amide bonds. The first-order valence-corrected chi connectivity index (χ1v) is 17.1. The molecule has 1 fully saturated rings. The molecule has 6 rings (SSSR count). The molecule has 0 saturated heterocycles. The van der Waals surface area contributed by atoms with E-state index in [4.69, 9.17) is 4.98 Å². The molecule has 240 valence electrons. The van der Waals surface area contributed by atoms with E-state index in [0.29, 0.717) is 18.9 Å². The van der Waals surface area contributed by atoms with Gasteiger partial charge < -0.3 is 9.88 Å². The van der Waals surface area contributed by atoms with Crippen LogP contribution in [0.25, 0.3) is 33.5 Å². The van der Waals surface area contributed by atoms with Gasteiger partial charge in [-0.15, -0.1) is 10.2 Å². The number of amides is 2. The Hall–Kier alpha value is -4.53. The number of rotatable bonds is 13. The number of carbonyl (C=O) groups is 1.